The van der Waals surface area contributed by atoms with Gasteiger partial charge in [0.25, 0.3) is 0 Å². The summed E-state index contributed by atoms with van der Waals surface area (Å²) in [6.45, 7) is -1.06. The third-order valence-corrected chi connectivity index (χ3v) is 2.15. The van der Waals surface area contributed by atoms with Crippen LogP contribution >= 0.6 is 0 Å². The minimum absolute atomic E-state index is 0.122. The third-order valence-electron chi connectivity index (χ3n) is 2.15. The van der Waals surface area contributed by atoms with Gasteiger partial charge in [0.1, 0.15) is 11.4 Å². The Labute approximate surface area is 106 Å². The average Bonchev–Trinajstić information content (AvgIpc) is 2.87. The van der Waals surface area contributed by atoms with E-state index in [1.807, 2.05) is 0 Å². The third kappa shape index (κ3) is 4.16. The Morgan fingerprint density at radius 1 is 1.26 bits per heavy atom. The molecule has 2 rings (SSSR count). The molecule has 5 nitrogen and oxygen atoms in total. The van der Waals surface area contributed by atoms with Crippen molar-refractivity contribution in [3.8, 4) is 5.75 Å². The number of nitrogens with zero attached hydrogens (tertiary/aromatic N) is 2. The van der Waals surface area contributed by atoms with Crippen molar-refractivity contribution in [3.05, 3.63) is 36.2 Å². The minimum Gasteiger partial charge on any atom is -0.482 e. The van der Waals surface area contributed by atoms with E-state index in [-0.39, 0.29) is 12.3 Å². The van der Waals surface area contributed by atoms with Gasteiger partial charge in [-0.2, -0.15) is 13.2 Å². The van der Waals surface area contributed by atoms with Crippen LogP contribution in [0.2, 0.25) is 0 Å². The number of aromatic nitrogens is 2. The lowest BCUT2D eigenvalue weighted by atomic mass is 10.3. The summed E-state index contributed by atoms with van der Waals surface area (Å²) in [5.41, 5.74) is 0.973. The van der Waals surface area contributed by atoms with Crippen LogP contribution in [0.1, 0.15) is 5.69 Å². The zero-order valence-electron chi connectivity index (χ0n) is 9.65. The zero-order chi connectivity index (χ0) is 13.7. The molecule has 1 heterocycles. The molecule has 1 aromatic heterocycles. The number of rotatable bonds is 5. The van der Waals surface area contributed by atoms with Crippen LogP contribution < -0.4 is 10.1 Å². The lowest BCUT2D eigenvalue weighted by molar-refractivity contribution is -0.153. The Morgan fingerprint density at radius 3 is 2.74 bits per heavy atom. The van der Waals surface area contributed by atoms with E-state index in [0.29, 0.717) is 11.4 Å². The van der Waals surface area contributed by atoms with E-state index in [1.165, 1.54) is 12.3 Å². The number of para-hydroxylation sites is 2. The summed E-state index contributed by atoms with van der Waals surface area (Å²) in [6.07, 6.45) is -2.96. The smallest absolute Gasteiger partial charge is 0.422 e. The van der Waals surface area contributed by atoms with E-state index in [4.69, 9.17) is 4.74 Å². The molecule has 0 saturated carbocycles. The molecular formula is C11H10F3N3O2. The molecule has 0 spiro atoms. The molecule has 8 heteroatoms. The highest BCUT2D eigenvalue weighted by Gasteiger charge is 2.28. The number of nitrogens with one attached hydrogen (secondary N) is 1. The first-order chi connectivity index (χ1) is 9.04. The number of alkyl halides is 3. The minimum atomic E-state index is -4.37. The average molecular weight is 273 g/mol. The molecule has 0 aliphatic rings. The van der Waals surface area contributed by atoms with E-state index >= 15 is 0 Å². The Morgan fingerprint density at radius 2 is 2.05 bits per heavy atom. The topological polar surface area (TPSA) is 60.2 Å². The van der Waals surface area contributed by atoms with Gasteiger partial charge in [-0.3, -0.25) is 0 Å². The van der Waals surface area contributed by atoms with E-state index in [0.717, 1.165) is 0 Å². The molecule has 0 saturated heterocycles. The van der Waals surface area contributed by atoms with Crippen molar-refractivity contribution >= 4 is 5.69 Å². The number of hydrogen-bond donors (Lipinski definition) is 1. The van der Waals surface area contributed by atoms with E-state index in [9.17, 15) is 13.2 Å². The van der Waals surface area contributed by atoms with Crippen molar-refractivity contribution in [2.75, 3.05) is 11.9 Å². The van der Waals surface area contributed by atoms with Gasteiger partial charge in [-0.15, -0.1) is 0 Å². The van der Waals surface area contributed by atoms with Crippen LogP contribution in [0.15, 0.2) is 35.1 Å². The zero-order valence-corrected chi connectivity index (χ0v) is 9.65. The fourth-order valence-corrected chi connectivity index (χ4v) is 1.35. The highest BCUT2D eigenvalue weighted by atomic mass is 19.4. The van der Waals surface area contributed by atoms with Crippen LogP contribution in [0.4, 0.5) is 18.9 Å². The SMILES string of the molecule is FC(F)(F)COc1ccccc1NCc1cnon1. The summed E-state index contributed by atoms with van der Waals surface area (Å²) in [5.74, 6) is 0.122. The summed E-state index contributed by atoms with van der Waals surface area (Å²) in [5, 5.41) is 9.89. The maximum absolute atomic E-state index is 12.1. The van der Waals surface area contributed by atoms with Crippen molar-refractivity contribution in [2.24, 2.45) is 0 Å². The number of benzene rings is 1. The van der Waals surface area contributed by atoms with Crippen LogP contribution in [0.3, 0.4) is 0 Å². The molecule has 0 amide bonds. The standard InChI is InChI=1S/C11H10F3N3O2/c12-11(13,14)7-18-10-4-2-1-3-9(10)15-5-8-6-16-19-17-8/h1-4,6,15H,5,7H2. The molecular weight excluding hydrogens is 263 g/mol. The second-order valence-electron chi connectivity index (χ2n) is 3.65. The highest BCUT2D eigenvalue weighted by molar-refractivity contribution is 5.56. The molecule has 2 aromatic rings. The molecule has 1 aromatic carbocycles. The van der Waals surface area contributed by atoms with Crippen LogP contribution in [0, 0.1) is 0 Å². The van der Waals surface area contributed by atoms with Crippen molar-refractivity contribution in [2.45, 2.75) is 12.7 Å². The number of hydrogen-bond acceptors (Lipinski definition) is 5. The number of halogens is 3. The fourth-order valence-electron chi connectivity index (χ4n) is 1.35. The van der Waals surface area contributed by atoms with Crippen LogP contribution in [0.25, 0.3) is 0 Å². The second-order valence-corrected chi connectivity index (χ2v) is 3.65. The lowest BCUT2D eigenvalue weighted by Gasteiger charge is -2.13. The summed E-state index contributed by atoms with van der Waals surface area (Å²) < 4.78 is 45.4. The largest absolute Gasteiger partial charge is 0.482 e. The molecule has 0 atom stereocenters. The van der Waals surface area contributed by atoms with Gasteiger partial charge in [-0.05, 0) is 12.1 Å². The molecule has 0 aliphatic heterocycles. The normalized spacial score (nSPS) is 11.3. The van der Waals surface area contributed by atoms with Gasteiger partial charge in [0.05, 0.1) is 18.4 Å². The monoisotopic (exact) mass is 273 g/mol. The first-order valence-electron chi connectivity index (χ1n) is 5.33. The van der Waals surface area contributed by atoms with Crippen LogP contribution in [-0.4, -0.2) is 23.1 Å². The van der Waals surface area contributed by atoms with Gasteiger partial charge < -0.3 is 10.1 Å². The molecule has 1 N–H and O–H groups in total. The molecule has 0 unspecified atom stereocenters. The highest BCUT2D eigenvalue weighted by Crippen LogP contribution is 2.26. The molecule has 19 heavy (non-hydrogen) atoms. The first kappa shape index (κ1) is 13.2. The summed E-state index contributed by atoms with van der Waals surface area (Å²) >= 11 is 0. The van der Waals surface area contributed by atoms with Crippen molar-refractivity contribution < 1.29 is 22.5 Å². The van der Waals surface area contributed by atoms with E-state index < -0.39 is 12.8 Å². The molecule has 0 aliphatic carbocycles. The van der Waals surface area contributed by atoms with Gasteiger partial charge in [0, 0.05) is 0 Å². The Bertz CT molecular complexity index is 514. The summed E-state index contributed by atoms with van der Waals surface area (Å²) in [7, 11) is 0. The van der Waals surface area contributed by atoms with Gasteiger partial charge in [-0.1, -0.05) is 22.4 Å². The van der Waals surface area contributed by atoms with E-state index in [1.54, 1.807) is 18.2 Å². The Kier molecular flexibility index (Phi) is 3.88. The first-order valence-corrected chi connectivity index (χ1v) is 5.33. The molecule has 0 radical (unpaired) electrons. The molecule has 0 fully saturated rings. The quantitative estimate of drug-likeness (QED) is 0.907. The summed E-state index contributed by atoms with van der Waals surface area (Å²) in [4.78, 5) is 0. The van der Waals surface area contributed by atoms with Crippen molar-refractivity contribution in [3.63, 3.8) is 0 Å². The molecule has 102 valence electrons. The predicted octanol–water partition coefficient (Wildman–Crippen LogP) is 2.62. The summed E-state index contributed by atoms with van der Waals surface area (Å²) in [6, 6.07) is 6.34. The van der Waals surface area contributed by atoms with Crippen molar-refractivity contribution in [1.29, 1.82) is 0 Å². The fraction of sp³-hybridized carbons (Fsp3) is 0.273. The van der Waals surface area contributed by atoms with Crippen LogP contribution in [-0.2, 0) is 6.54 Å². The lowest BCUT2D eigenvalue weighted by Crippen LogP contribution is -2.19. The van der Waals surface area contributed by atoms with Crippen LogP contribution in [0.5, 0.6) is 5.75 Å². The Hall–Kier alpha value is -2.25. The Balaban J connectivity index is 1.99. The predicted molar refractivity (Wildman–Crippen MR) is 59.6 cm³/mol. The van der Waals surface area contributed by atoms with Crippen molar-refractivity contribution in [1.82, 2.24) is 10.3 Å². The number of anilines is 1. The second kappa shape index (κ2) is 5.59. The van der Waals surface area contributed by atoms with Gasteiger partial charge >= 0.3 is 6.18 Å². The number of ether oxygens (including phenoxy) is 1. The maximum Gasteiger partial charge on any atom is 0.422 e. The van der Waals surface area contributed by atoms with Gasteiger partial charge in [0.15, 0.2) is 6.61 Å². The van der Waals surface area contributed by atoms with Gasteiger partial charge in [-0.25, -0.2) is 4.63 Å². The molecule has 0 bridgehead atoms. The maximum atomic E-state index is 12.1. The van der Waals surface area contributed by atoms with E-state index in [2.05, 4.69) is 20.3 Å². The van der Waals surface area contributed by atoms with Gasteiger partial charge in [0.2, 0.25) is 0 Å².